The molecule has 3 fully saturated rings. The molecule has 6 heteroatoms. The molecule has 3 rings (SSSR count). The van der Waals surface area contributed by atoms with Gasteiger partial charge in [0.1, 0.15) is 0 Å². The number of hydrogen-bond donors (Lipinski definition) is 2. The summed E-state index contributed by atoms with van der Waals surface area (Å²) < 4.78 is 0. The van der Waals surface area contributed by atoms with Crippen LogP contribution in [0, 0.1) is 11.8 Å². The molecule has 0 saturated carbocycles. The minimum atomic E-state index is -0.106. The zero-order valence-corrected chi connectivity index (χ0v) is 10.7. The van der Waals surface area contributed by atoms with Crippen LogP contribution in [0.1, 0.15) is 12.8 Å². The Morgan fingerprint density at radius 3 is 2.72 bits per heavy atom. The van der Waals surface area contributed by atoms with Gasteiger partial charge >= 0.3 is 0 Å². The summed E-state index contributed by atoms with van der Waals surface area (Å²) in [7, 11) is 1.98. The fraction of sp³-hybridized carbons (Fsp3) is 0.833. The summed E-state index contributed by atoms with van der Waals surface area (Å²) in [6.45, 7) is 3.21. The van der Waals surface area contributed by atoms with E-state index in [0.29, 0.717) is 0 Å². The van der Waals surface area contributed by atoms with Gasteiger partial charge < -0.3 is 9.80 Å². The molecule has 0 aliphatic carbocycles. The highest BCUT2D eigenvalue weighted by atomic mass is 16.2. The van der Waals surface area contributed by atoms with E-state index in [1.807, 2.05) is 11.9 Å². The highest BCUT2D eigenvalue weighted by Crippen LogP contribution is 2.27. The Morgan fingerprint density at radius 2 is 2.00 bits per heavy atom. The average molecular weight is 252 g/mol. The van der Waals surface area contributed by atoms with E-state index in [2.05, 4.69) is 15.8 Å². The zero-order valence-electron chi connectivity index (χ0n) is 10.7. The van der Waals surface area contributed by atoms with Crippen LogP contribution in [0.3, 0.4) is 0 Å². The fourth-order valence-electron chi connectivity index (χ4n) is 3.35. The van der Waals surface area contributed by atoms with Gasteiger partial charge in [-0.2, -0.15) is 0 Å². The first-order chi connectivity index (χ1) is 8.66. The molecule has 0 radical (unpaired) electrons. The van der Waals surface area contributed by atoms with Crippen LogP contribution in [-0.4, -0.2) is 60.9 Å². The van der Waals surface area contributed by atoms with Gasteiger partial charge in [0.25, 0.3) is 0 Å². The predicted octanol–water partition coefficient (Wildman–Crippen LogP) is -1.21. The smallest absolute Gasteiger partial charge is 0.240 e. The van der Waals surface area contributed by atoms with E-state index in [1.54, 1.807) is 0 Å². The number of rotatable bonds is 1. The van der Waals surface area contributed by atoms with E-state index in [1.165, 1.54) is 0 Å². The van der Waals surface area contributed by atoms with Crippen molar-refractivity contribution >= 4 is 11.8 Å². The van der Waals surface area contributed by atoms with Gasteiger partial charge in [-0.25, -0.2) is 5.43 Å². The number of likely N-dealkylation sites (tertiary alicyclic amines) is 2. The van der Waals surface area contributed by atoms with Crippen molar-refractivity contribution in [3.05, 3.63) is 0 Å². The molecule has 2 amide bonds. The Kier molecular flexibility index (Phi) is 2.99. The molecule has 3 atom stereocenters. The largest absolute Gasteiger partial charge is 0.342 e. The van der Waals surface area contributed by atoms with Crippen molar-refractivity contribution in [3.63, 3.8) is 0 Å². The van der Waals surface area contributed by atoms with Gasteiger partial charge in [0.2, 0.25) is 11.8 Å². The molecule has 2 N–H and O–H groups in total. The number of hydrogen-bond acceptors (Lipinski definition) is 4. The molecule has 3 aliphatic heterocycles. The van der Waals surface area contributed by atoms with E-state index in [0.717, 1.165) is 39.0 Å². The highest BCUT2D eigenvalue weighted by Gasteiger charge is 2.47. The molecule has 3 unspecified atom stereocenters. The molecule has 6 nitrogen and oxygen atoms in total. The van der Waals surface area contributed by atoms with Crippen LogP contribution in [0.5, 0.6) is 0 Å². The Balaban J connectivity index is 1.77. The third-order valence-corrected chi connectivity index (χ3v) is 4.32. The van der Waals surface area contributed by atoms with Crippen LogP contribution in [-0.2, 0) is 9.59 Å². The van der Waals surface area contributed by atoms with Crippen LogP contribution < -0.4 is 10.9 Å². The van der Waals surface area contributed by atoms with Crippen molar-refractivity contribution in [2.75, 3.05) is 33.2 Å². The Morgan fingerprint density at radius 1 is 1.28 bits per heavy atom. The molecule has 100 valence electrons. The van der Waals surface area contributed by atoms with Gasteiger partial charge in [0, 0.05) is 26.2 Å². The van der Waals surface area contributed by atoms with Crippen molar-refractivity contribution in [1.29, 1.82) is 0 Å². The van der Waals surface area contributed by atoms with Gasteiger partial charge in [0.15, 0.2) is 0 Å². The second-order valence-electron chi connectivity index (χ2n) is 5.63. The number of nitrogens with zero attached hydrogens (tertiary/aromatic N) is 2. The minimum absolute atomic E-state index is 0.0192. The molecule has 0 spiro atoms. The summed E-state index contributed by atoms with van der Waals surface area (Å²) in [5.41, 5.74) is 5.68. The van der Waals surface area contributed by atoms with E-state index in [4.69, 9.17) is 0 Å². The van der Waals surface area contributed by atoms with Gasteiger partial charge in [0.05, 0.1) is 17.9 Å². The maximum Gasteiger partial charge on any atom is 0.240 e. The lowest BCUT2D eigenvalue weighted by molar-refractivity contribution is -0.138. The maximum absolute atomic E-state index is 12.5. The second kappa shape index (κ2) is 4.51. The minimum Gasteiger partial charge on any atom is -0.342 e. The monoisotopic (exact) mass is 252 g/mol. The number of amides is 2. The number of hydrazine groups is 1. The number of nitrogens with one attached hydrogen (secondary N) is 2. The molecule has 0 aromatic carbocycles. The molecule has 18 heavy (non-hydrogen) atoms. The van der Waals surface area contributed by atoms with E-state index >= 15 is 0 Å². The predicted molar refractivity (Wildman–Crippen MR) is 65.4 cm³/mol. The van der Waals surface area contributed by atoms with Crippen LogP contribution in [0.4, 0.5) is 0 Å². The third kappa shape index (κ3) is 1.89. The topological polar surface area (TPSA) is 64.7 Å². The van der Waals surface area contributed by atoms with E-state index in [9.17, 15) is 9.59 Å². The van der Waals surface area contributed by atoms with Gasteiger partial charge in [-0.3, -0.25) is 15.0 Å². The number of fused-ring (bicyclic) bond motifs is 1. The molecule has 3 heterocycles. The number of piperidine rings is 1. The van der Waals surface area contributed by atoms with Gasteiger partial charge in [-0.15, -0.1) is 0 Å². The standard InChI is InChI=1S/C12H20N4O2/c1-15-6-8-10(13-14-11(8)17)9(7-15)12(18)16-4-2-3-5-16/h8-10,13H,2-7H2,1H3,(H,14,17). The van der Waals surface area contributed by atoms with Gasteiger partial charge in [-0.1, -0.05) is 0 Å². The van der Waals surface area contributed by atoms with E-state index < -0.39 is 0 Å². The molecule has 3 saturated heterocycles. The lowest BCUT2D eigenvalue weighted by atomic mass is 9.84. The SMILES string of the molecule is CN1CC2C(=O)NNC2C(C(=O)N2CCCC2)C1. The first-order valence-corrected chi connectivity index (χ1v) is 6.69. The van der Waals surface area contributed by atoms with Crippen LogP contribution in [0.2, 0.25) is 0 Å². The van der Waals surface area contributed by atoms with Crippen molar-refractivity contribution < 1.29 is 9.59 Å². The molecular weight excluding hydrogens is 232 g/mol. The summed E-state index contributed by atoms with van der Waals surface area (Å²) in [5, 5.41) is 0. The van der Waals surface area contributed by atoms with Crippen LogP contribution in [0.25, 0.3) is 0 Å². The van der Waals surface area contributed by atoms with Crippen molar-refractivity contribution in [2.24, 2.45) is 11.8 Å². The molecule has 0 aromatic rings. The fourth-order valence-corrected chi connectivity index (χ4v) is 3.35. The van der Waals surface area contributed by atoms with Crippen molar-refractivity contribution in [3.8, 4) is 0 Å². The number of carbonyl (C=O) groups is 2. The summed E-state index contributed by atoms with van der Waals surface area (Å²) in [4.78, 5) is 28.3. The first kappa shape index (κ1) is 11.9. The van der Waals surface area contributed by atoms with Gasteiger partial charge in [-0.05, 0) is 19.9 Å². The lowest BCUT2D eigenvalue weighted by Gasteiger charge is -2.37. The van der Waals surface area contributed by atoms with Crippen molar-refractivity contribution in [2.45, 2.75) is 18.9 Å². The molecular formula is C12H20N4O2. The summed E-state index contributed by atoms with van der Waals surface area (Å²) in [5.74, 6) is 0.0231. The highest BCUT2D eigenvalue weighted by molar-refractivity contribution is 5.86. The Labute approximate surface area is 107 Å². The number of carbonyl (C=O) groups excluding carboxylic acids is 2. The summed E-state index contributed by atoms with van der Waals surface area (Å²) >= 11 is 0. The van der Waals surface area contributed by atoms with Crippen molar-refractivity contribution in [1.82, 2.24) is 20.7 Å². The average Bonchev–Trinajstić information content (AvgIpc) is 2.98. The Hall–Kier alpha value is -1.14. The summed E-state index contributed by atoms with van der Waals surface area (Å²) in [6, 6.07) is -0.0400. The Bertz CT molecular complexity index is 367. The third-order valence-electron chi connectivity index (χ3n) is 4.32. The maximum atomic E-state index is 12.5. The molecule has 0 aromatic heterocycles. The van der Waals surface area contributed by atoms with E-state index in [-0.39, 0.29) is 29.7 Å². The second-order valence-corrected chi connectivity index (χ2v) is 5.63. The van der Waals surface area contributed by atoms with Crippen LogP contribution >= 0.6 is 0 Å². The van der Waals surface area contributed by atoms with Crippen LogP contribution in [0.15, 0.2) is 0 Å². The lowest BCUT2D eigenvalue weighted by Crippen LogP contribution is -2.56. The molecule has 0 bridgehead atoms. The zero-order chi connectivity index (χ0) is 12.7. The quantitative estimate of drug-likeness (QED) is 0.614. The molecule has 3 aliphatic rings. The first-order valence-electron chi connectivity index (χ1n) is 6.69. The summed E-state index contributed by atoms with van der Waals surface area (Å²) in [6.07, 6.45) is 2.21. The normalized spacial score (nSPS) is 36.6.